The van der Waals surface area contributed by atoms with E-state index in [9.17, 15) is 9.59 Å². The van der Waals surface area contributed by atoms with Crippen LogP contribution in [0.2, 0.25) is 0 Å². The minimum atomic E-state index is -0.406. The summed E-state index contributed by atoms with van der Waals surface area (Å²) in [5.41, 5.74) is 3.54. The molecule has 0 saturated carbocycles. The molecule has 1 fully saturated rings. The van der Waals surface area contributed by atoms with Gasteiger partial charge in [0.05, 0.1) is 25.5 Å². The molecule has 0 spiro atoms. The third kappa shape index (κ3) is 8.04. The summed E-state index contributed by atoms with van der Waals surface area (Å²) in [6, 6.07) is 20.1. The zero-order valence-electron chi connectivity index (χ0n) is 23.9. The van der Waals surface area contributed by atoms with Crippen LogP contribution in [-0.4, -0.2) is 72.1 Å². The first-order valence-corrected chi connectivity index (χ1v) is 13.9. The fraction of sp³-hybridized carbons (Fsp3) is 0.355. The fourth-order valence-electron chi connectivity index (χ4n) is 4.73. The van der Waals surface area contributed by atoms with E-state index >= 15 is 0 Å². The van der Waals surface area contributed by atoms with Crippen LogP contribution < -0.4 is 35.2 Å². The molecular formula is C31H39N5O5. The maximum atomic E-state index is 13.4. The van der Waals surface area contributed by atoms with Crippen molar-refractivity contribution in [1.82, 2.24) is 5.32 Å². The van der Waals surface area contributed by atoms with Crippen molar-refractivity contribution in [3.05, 3.63) is 72.3 Å². The van der Waals surface area contributed by atoms with Gasteiger partial charge in [-0.1, -0.05) is 12.1 Å². The third-order valence-corrected chi connectivity index (χ3v) is 6.85. The van der Waals surface area contributed by atoms with Crippen molar-refractivity contribution >= 4 is 34.7 Å². The van der Waals surface area contributed by atoms with Gasteiger partial charge in [-0.3, -0.25) is 4.79 Å². The number of hydrogen-bond acceptors (Lipinski definition) is 7. The SMILES string of the molecule is CCOCCCNC(=O)c1cc(NC(=O)Nc2ccc(OC)cc2)ccc1N1CCN(c2ccccc2OC)CC1. The van der Waals surface area contributed by atoms with E-state index in [1.54, 1.807) is 44.6 Å². The molecule has 1 aliphatic heterocycles. The van der Waals surface area contributed by atoms with Gasteiger partial charge in [0.25, 0.3) is 5.91 Å². The molecule has 3 amide bonds. The average molecular weight is 562 g/mol. The normalized spacial score (nSPS) is 13.0. The first-order valence-electron chi connectivity index (χ1n) is 13.9. The highest BCUT2D eigenvalue weighted by atomic mass is 16.5. The van der Waals surface area contributed by atoms with Crippen LogP contribution in [0.5, 0.6) is 11.5 Å². The number of benzene rings is 3. The molecule has 0 bridgehead atoms. The summed E-state index contributed by atoms with van der Waals surface area (Å²) in [6.07, 6.45) is 0.717. The molecule has 218 valence electrons. The summed E-state index contributed by atoms with van der Waals surface area (Å²) in [5.74, 6) is 1.35. The molecule has 0 radical (unpaired) electrons. The van der Waals surface area contributed by atoms with E-state index in [0.717, 1.165) is 43.3 Å². The molecule has 0 aliphatic carbocycles. The molecule has 10 heteroatoms. The molecule has 4 rings (SSSR count). The van der Waals surface area contributed by atoms with E-state index in [2.05, 4.69) is 31.8 Å². The summed E-state index contributed by atoms with van der Waals surface area (Å²) < 4.78 is 16.1. The van der Waals surface area contributed by atoms with Crippen LogP contribution in [0.25, 0.3) is 0 Å². The lowest BCUT2D eigenvalue weighted by atomic mass is 10.1. The number of anilines is 4. The van der Waals surface area contributed by atoms with E-state index in [1.807, 2.05) is 37.3 Å². The van der Waals surface area contributed by atoms with Crippen LogP contribution in [0.15, 0.2) is 66.7 Å². The second kappa shape index (κ2) is 14.8. The minimum Gasteiger partial charge on any atom is -0.497 e. The highest BCUT2D eigenvalue weighted by Crippen LogP contribution is 2.31. The van der Waals surface area contributed by atoms with Crippen molar-refractivity contribution in [3.63, 3.8) is 0 Å². The van der Waals surface area contributed by atoms with Gasteiger partial charge in [-0.2, -0.15) is 0 Å². The summed E-state index contributed by atoms with van der Waals surface area (Å²) in [7, 11) is 3.27. The number of para-hydroxylation sites is 2. The Morgan fingerprint density at radius 2 is 1.46 bits per heavy atom. The molecule has 1 heterocycles. The zero-order valence-corrected chi connectivity index (χ0v) is 23.9. The number of hydrogen-bond donors (Lipinski definition) is 3. The maximum absolute atomic E-state index is 13.4. The number of urea groups is 1. The van der Waals surface area contributed by atoms with Crippen molar-refractivity contribution in [3.8, 4) is 11.5 Å². The van der Waals surface area contributed by atoms with E-state index in [-0.39, 0.29) is 5.91 Å². The molecule has 1 saturated heterocycles. The molecular weight excluding hydrogens is 522 g/mol. The molecule has 41 heavy (non-hydrogen) atoms. The highest BCUT2D eigenvalue weighted by Gasteiger charge is 2.24. The van der Waals surface area contributed by atoms with E-state index < -0.39 is 6.03 Å². The van der Waals surface area contributed by atoms with Crippen LogP contribution in [0.4, 0.5) is 27.5 Å². The smallest absolute Gasteiger partial charge is 0.323 e. The number of carbonyl (C=O) groups is 2. The Hall–Kier alpha value is -4.44. The predicted molar refractivity (Wildman–Crippen MR) is 163 cm³/mol. The van der Waals surface area contributed by atoms with Gasteiger partial charge < -0.3 is 40.0 Å². The largest absolute Gasteiger partial charge is 0.497 e. The first kappa shape index (κ1) is 29.5. The van der Waals surface area contributed by atoms with Crippen LogP contribution >= 0.6 is 0 Å². The molecule has 0 unspecified atom stereocenters. The molecule has 10 nitrogen and oxygen atoms in total. The van der Waals surface area contributed by atoms with Crippen LogP contribution in [0.3, 0.4) is 0 Å². The Morgan fingerprint density at radius 3 is 2.15 bits per heavy atom. The van der Waals surface area contributed by atoms with Crippen LogP contribution in [0.1, 0.15) is 23.7 Å². The summed E-state index contributed by atoms with van der Waals surface area (Å²) in [5, 5.41) is 8.66. The predicted octanol–water partition coefficient (Wildman–Crippen LogP) is 4.83. The summed E-state index contributed by atoms with van der Waals surface area (Å²) in [4.78, 5) is 30.6. The lowest BCUT2D eigenvalue weighted by Crippen LogP contribution is -2.47. The van der Waals surface area contributed by atoms with E-state index in [4.69, 9.17) is 14.2 Å². The average Bonchev–Trinajstić information content (AvgIpc) is 3.01. The van der Waals surface area contributed by atoms with Gasteiger partial charge in [0.15, 0.2) is 0 Å². The van der Waals surface area contributed by atoms with E-state index in [0.29, 0.717) is 48.9 Å². The van der Waals surface area contributed by atoms with Crippen molar-refractivity contribution in [2.75, 3.05) is 80.6 Å². The Kier molecular flexibility index (Phi) is 10.7. The van der Waals surface area contributed by atoms with Gasteiger partial charge in [-0.15, -0.1) is 0 Å². The number of methoxy groups -OCH3 is 2. The van der Waals surface area contributed by atoms with Gasteiger partial charge >= 0.3 is 6.03 Å². The van der Waals surface area contributed by atoms with E-state index in [1.165, 1.54) is 0 Å². The topological polar surface area (TPSA) is 104 Å². The number of amides is 3. The molecule has 0 atom stereocenters. The number of rotatable bonds is 12. The lowest BCUT2D eigenvalue weighted by molar-refractivity contribution is 0.0944. The standard InChI is InChI=1S/C31H39N5O5/c1-4-41-21-7-16-32-30(37)26-22-24(34-31(38)33-23-10-13-25(39-2)14-11-23)12-15-27(26)35-17-19-36(20-18-35)28-8-5-6-9-29(28)40-3/h5-6,8-15,22H,4,7,16-21H2,1-3H3,(H,32,37)(H2,33,34,38). The first-order chi connectivity index (χ1) is 20.0. The number of ether oxygens (including phenoxy) is 3. The Morgan fingerprint density at radius 1 is 0.805 bits per heavy atom. The van der Waals surface area contributed by atoms with Crippen molar-refractivity contribution in [2.45, 2.75) is 13.3 Å². The highest BCUT2D eigenvalue weighted by molar-refractivity contribution is 6.04. The Labute approximate surface area is 241 Å². The minimum absolute atomic E-state index is 0.192. The van der Waals surface area contributed by atoms with Crippen molar-refractivity contribution < 1.29 is 23.8 Å². The molecule has 0 aromatic heterocycles. The number of nitrogens with one attached hydrogen (secondary N) is 3. The monoisotopic (exact) mass is 561 g/mol. The fourth-order valence-corrected chi connectivity index (χ4v) is 4.73. The zero-order chi connectivity index (χ0) is 29.0. The maximum Gasteiger partial charge on any atom is 0.323 e. The summed E-state index contributed by atoms with van der Waals surface area (Å²) >= 11 is 0. The van der Waals surface area contributed by atoms with Crippen LogP contribution in [0, 0.1) is 0 Å². The van der Waals surface area contributed by atoms with Gasteiger partial charge in [0.2, 0.25) is 0 Å². The van der Waals surface area contributed by atoms with Crippen molar-refractivity contribution in [1.29, 1.82) is 0 Å². The quantitative estimate of drug-likeness (QED) is 0.272. The molecule has 1 aliphatic rings. The third-order valence-electron chi connectivity index (χ3n) is 6.85. The Bertz CT molecular complexity index is 1290. The number of piperazine rings is 1. The van der Waals surface area contributed by atoms with Gasteiger partial charge in [0.1, 0.15) is 11.5 Å². The number of nitrogens with zero attached hydrogens (tertiary/aromatic N) is 2. The Balaban J connectivity index is 1.47. The summed E-state index contributed by atoms with van der Waals surface area (Å²) in [6.45, 7) is 6.69. The van der Waals surface area contributed by atoms with Gasteiger partial charge in [0, 0.05) is 63.0 Å². The molecule has 3 N–H and O–H groups in total. The second-order valence-electron chi connectivity index (χ2n) is 9.49. The number of carbonyl (C=O) groups excluding carboxylic acids is 2. The van der Waals surface area contributed by atoms with Gasteiger partial charge in [-0.25, -0.2) is 4.79 Å². The molecule has 3 aromatic rings. The van der Waals surface area contributed by atoms with Crippen molar-refractivity contribution in [2.24, 2.45) is 0 Å². The second-order valence-corrected chi connectivity index (χ2v) is 9.49. The molecule has 3 aromatic carbocycles. The van der Waals surface area contributed by atoms with Gasteiger partial charge in [-0.05, 0) is 67.9 Å². The lowest BCUT2D eigenvalue weighted by Gasteiger charge is -2.38. The van der Waals surface area contributed by atoms with Crippen LogP contribution in [-0.2, 0) is 4.74 Å².